The maximum atomic E-state index is 12.6. The molecule has 0 aromatic heterocycles. The van der Waals surface area contributed by atoms with Gasteiger partial charge >= 0.3 is 6.09 Å². The van der Waals surface area contributed by atoms with Gasteiger partial charge in [-0.3, -0.25) is 0 Å². The molecule has 4 heteroatoms. The van der Waals surface area contributed by atoms with Crippen LogP contribution in [0.4, 0.5) is 4.79 Å². The lowest BCUT2D eigenvalue weighted by Crippen LogP contribution is -2.50. The minimum atomic E-state index is -0.774. The largest absolute Gasteiger partial charge is 0.448 e. The van der Waals surface area contributed by atoms with Gasteiger partial charge < -0.3 is 14.7 Å². The average molecular weight is 351 g/mol. The van der Waals surface area contributed by atoms with Crippen molar-refractivity contribution in [3.05, 3.63) is 59.7 Å². The number of rotatable bonds is 3. The normalized spacial score (nSPS) is 22.0. The molecule has 0 spiro atoms. The first-order valence-corrected chi connectivity index (χ1v) is 9.43. The summed E-state index contributed by atoms with van der Waals surface area (Å²) in [6, 6.07) is 16.6. The molecule has 1 atom stereocenters. The second-order valence-corrected chi connectivity index (χ2v) is 7.41. The van der Waals surface area contributed by atoms with E-state index in [1.165, 1.54) is 22.3 Å². The first-order chi connectivity index (χ1) is 12.6. The summed E-state index contributed by atoms with van der Waals surface area (Å²) in [6.45, 7) is 3.30. The minimum Gasteiger partial charge on any atom is -0.448 e. The molecule has 1 fully saturated rings. The molecule has 2 aromatic rings. The van der Waals surface area contributed by atoms with Crippen molar-refractivity contribution in [3.63, 3.8) is 0 Å². The lowest BCUT2D eigenvalue weighted by molar-refractivity contribution is -0.0321. The second-order valence-electron chi connectivity index (χ2n) is 7.41. The number of ether oxygens (including phenoxy) is 1. The van der Waals surface area contributed by atoms with Crippen LogP contribution in [0.25, 0.3) is 11.1 Å². The summed E-state index contributed by atoms with van der Waals surface area (Å²) in [6.07, 6.45) is 1.89. The van der Waals surface area contributed by atoms with E-state index in [-0.39, 0.29) is 12.0 Å². The Labute approximate surface area is 154 Å². The van der Waals surface area contributed by atoms with Gasteiger partial charge in [-0.1, -0.05) is 55.5 Å². The molecule has 1 saturated heterocycles. The van der Waals surface area contributed by atoms with Gasteiger partial charge in [0.25, 0.3) is 0 Å². The summed E-state index contributed by atoms with van der Waals surface area (Å²) in [5.74, 6) is 0.0706. The molecule has 4 rings (SSSR count). The number of carbonyl (C=O) groups excluding carboxylic acids is 1. The summed E-state index contributed by atoms with van der Waals surface area (Å²) in [5.41, 5.74) is 4.10. The first-order valence-electron chi connectivity index (χ1n) is 9.43. The molecule has 1 unspecified atom stereocenters. The van der Waals surface area contributed by atoms with Gasteiger partial charge in [0.15, 0.2) is 0 Å². The van der Waals surface area contributed by atoms with Crippen LogP contribution in [0.2, 0.25) is 0 Å². The molecule has 136 valence electrons. The van der Waals surface area contributed by atoms with E-state index in [0.29, 0.717) is 26.1 Å². The molecule has 1 heterocycles. The minimum absolute atomic E-state index is 0.0706. The van der Waals surface area contributed by atoms with Gasteiger partial charge in [-0.2, -0.15) is 0 Å². The molecular weight excluding hydrogens is 326 g/mol. The molecule has 0 saturated carbocycles. The number of likely N-dealkylation sites (tertiary alicyclic amines) is 1. The Morgan fingerprint density at radius 3 is 2.38 bits per heavy atom. The summed E-state index contributed by atoms with van der Waals surface area (Å²) < 4.78 is 5.69. The zero-order valence-corrected chi connectivity index (χ0v) is 15.1. The SMILES string of the molecule is CCC1(O)CCCN(C(=O)OCC2c3ccccc3-c3ccccc32)C1. The molecular formula is C22H25NO3. The van der Waals surface area contributed by atoms with E-state index in [2.05, 4.69) is 24.3 Å². The molecule has 26 heavy (non-hydrogen) atoms. The summed E-state index contributed by atoms with van der Waals surface area (Å²) >= 11 is 0. The Hall–Kier alpha value is -2.33. The second kappa shape index (κ2) is 6.76. The number of carbonyl (C=O) groups is 1. The number of β-amino-alcohol motifs (C(OH)–C–C–N with tert-alkyl or cyclic N) is 1. The monoisotopic (exact) mass is 351 g/mol. The number of fused-ring (bicyclic) bond motifs is 3. The maximum absolute atomic E-state index is 12.6. The third-order valence-corrected chi connectivity index (χ3v) is 5.81. The number of hydrogen-bond acceptors (Lipinski definition) is 3. The smallest absolute Gasteiger partial charge is 0.409 e. The van der Waals surface area contributed by atoms with Crippen LogP contribution in [0.1, 0.15) is 43.2 Å². The van der Waals surface area contributed by atoms with Crippen LogP contribution >= 0.6 is 0 Å². The summed E-state index contributed by atoms with van der Waals surface area (Å²) in [4.78, 5) is 14.2. The highest BCUT2D eigenvalue weighted by Gasteiger charge is 2.35. The topological polar surface area (TPSA) is 49.8 Å². The lowest BCUT2D eigenvalue weighted by atomic mass is 9.91. The van der Waals surface area contributed by atoms with E-state index in [1.54, 1.807) is 4.90 Å². The Kier molecular flexibility index (Phi) is 4.45. The van der Waals surface area contributed by atoms with Gasteiger partial charge in [0.05, 0.1) is 12.1 Å². The van der Waals surface area contributed by atoms with Gasteiger partial charge in [-0.05, 0) is 41.5 Å². The van der Waals surface area contributed by atoms with E-state index in [4.69, 9.17) is 4.74 Å². The molecule has 2 aliphatic rings. The van der Waals surface area contributed by atoms with Gasteiger partial charge in [-0.25, -0.2) is 4.79 Å². The fourth-order valence-corrected chi connectivity index (χ4v) is 4.24. The van der Waals surface area contributed by atoms with Gasteiger partial charge in [0, 0.05) is 12.5 Å². The maximum Gasteiger partial charge on any atom is 0.409 e. The van der Waals surface area contributed by atoms with E-state index in [0.717, 1.165) is 12.8 Å². The Morgan fingerprint density at radius 2 is 1.77 bits per heavy atom. The number of nitrogens with zero attached hydrogens (tertiary/aromatic N) is 1. The van der Waals surface area contributed by atoms with Gasteiger partial charge in [0.1, 0.15) is 6.61 Å². The van der Waals surface area contributed by atoms with Crippen molar-refractivity contribution < 1.29 is 14.6 Å². The summed E-state index contributed by atoms with van der Waals surface area (Å²) in [5, 5.41) is 10.5. The van der Waals surface area contributed by atoms with Crippen molar-refractivity contribution in [2.75, 3.05) is 19.7 Å². The predicted molar refractivity (Wildman–Crippen MR) is 101 cm³/mol. The van der Waals surface area contributed by atoms with Crippen LogP contribution in [0.15, 0.2) is 48.5 Å². The fourth-order valence-electron chi connectivity index (χ4n) is 4.24. The third kappa shape index (κ3) is 2.99. The number of piperidine rings is 1. The van der Waals surface area contributed by atoms with Crippen LogP contribution in [-0.2, 0) is 4.74 Å². The highest BCUT2D eigenvalue weighted by Crippen LogP contribution is 2.44. The van der Waals surface area contributed by atoms with Crippen molar-refractivity contribution in [1.29, 1.82) is 0 Å². The zero-order valence-electron chi connectivity index (χ0n) is 15.1. The van der Waals surface area contributed by atoms with Crippen LogP contribution in [0.3, 0.4) is 0 Å². The van der Waals surface area contributed by atoms with Gasteiger partial charge in [0.2, 0.25) is 0 Å². The molecule has 2 aromatic carbocycles. The average Bonchev–Trinajstić information content (AvgIpc) is 3.00. The fraction of sp³-hybridized carbons (Fsp3) is 0.409. The third-order valence-electron chi connectivity index (χ3n) is 5.81. The standard InChI is InChI=1S/C22H25NO3/c1-2-22(25)12-7-13-23(15-22)21(24)26-14-20-18-10-5-3-8-16(18)17-9-4-6-11-19(17)20/h3-6,8-11,20,25H,2,7,12-15H2,1H3. The van der Waals surface area contributed by atoms with E-state index in [9.17, 15) is 9.90 Å². The van der Waals surface area contributed by atoms with Crippen LogP contribution < -0.4 is 0 Å². The van der Waals surface area contributed by atoms with Crippen molar-refractivity contribution in [2.24, 2.45) is 0 Å². The lowest BCUT2D eigenvalue weighted by Gasteiger charge is -2.38. The Balaban J connectivity index is 1.49. The van der Waals surface area contributed by atoms with Crippen LogP contribution in [0.5, 0.6) is 0 Å². The number of hydrogen-bond donors (Lipinski definition) is 1. The highest BCUT2D eigenvalue weighted by atomic mass is 16.6. The Morgan fingerprint density at radius 1 is 1.15 bits per heavy atom. The number of benzene rings is 2. The first kappa shape index (κ1) is 17.1. The van der Waals surface area contributed by atoms with E-state index in [1.807, 2.05) is 31.2 Å². The van der Waals surface area contributed by atoms with E-state index >= 15 is 0 Å². The van der Waals surface area contributed by atoms with Crippen molar-refractivity contribution >= 4 is 6.09 Å². The van der Waals surface area contributed by atoms with Crippen molar-refractivity contribution in [3.8, 4) is 11.1 Å². The highest BCUT2D eigenvalue weighted by molar-refractivity contribution is 5.79. The van der Waals surface area contributed by atoms with Crippen LogP contribution in [-0.4, -0.2) is 41.4 Å². The molecule has 1 aliphatic heterocycles. The Bertz CT molecular complexity index is 773. The quantitative estimate of drug-likeness (QED) is 0.903. The molecule has 1 amide bonds. The molecule has 1 N–H and O–H groups in total. The van der Waals surface area contributed by atoms with Crippen molar-refractivity contribution in [1.82, 2.24) is 4.90 Å². The number of amides is 1. The van der Waals surface area contributed by atoms with Gasteiger partial charge in [-0.15, -0.1) is 0 Å². The van der Waals surface area contributed by atoms with E-state index < -0.39 is 5.60 Å². The summed E-state index contributed by atoms with van der Waals surface area (Å²) in [7, 11) is 0. The predicted octanol–water partition coefficient (Wildman–Crippen LogP) is 4.17. The van der Waals surface area contributed by atoms with Crippen molar-refractivity contribution in [2.45, 2.75) is 37.7 Å². The molecule has 0 radical (unpaired) electrons. The number of aliphatic hydroxyl groups is 1. The zero-order chi connectivity index (χ0) is 18.1. The van der Waals surface area contributed by atoms with Crippen LogP contribution in [0, 0.1) is 0 Å². The molecule has 1 aliphatic carbocycles. The molecule has 4 nitrogen and oxygen atoms in total. The molecule has 0 bridgehead atoms.